The van der Waals surface area contributed by atoms with Crippen LogP contribution in [-0.2, 0) is 27.3 Å². The van der Waals surface area contributed by atoms with Crippen LogP contribution in [0.15, 0.2) is 42.5 Å². The number of rotatable bonds is 11. The van der Waals surface area contributed by atoms with Gasteiger partial charge in [-0.2, -0.15) is 0 Å². The van der Waals surface area contributed by atoms with E-state index >= 15 is 0 Å². The van der Waals surface area contributed by atoms with Crippen molar-refractivity contribution in [1.82, 2.24) is 25.3 Å². The van der Waals surface area contributed by atoms with E-state index in [0.717, 1.165) is 17.7 Å². The number of carbonyl (C=O) groups is 6. The van der Waals surface area contributed by atoms with Gasteiger partial charge in [-0.25, -0.2) is 18.4 Å². The Kier molecular flexibility index (Phi) is 11.6. The van der Waals surface area contributed by atoms with Gasteiger partial charge in [0.2, 0.25) is 11.8 Å². The van der Waals surface area contributed by atoms with E-state index in [2.05, 4.69) is 10.6 Å². The van der Waals surface area contributed by atoms with E-state index in [1.807, 2.05) is 4.90 Å². The lowest BCUT2D eigenvalue weighted by Gasteiger charge is -2.34. The van der Waals surface area contributed by atoms with Gasteiger partial charge in [-0.05, 0) is 48.9 Å². The lowest BCUT2D eigenvalue weighted by atomic mass is 9.72. The maximum absolute atomic E-state index is 14.6. The second kappa shape index (κ2) is 15.9. The SMILES string of the molecule is CN(CCN1CCN(C(=O)NC(C(=O)N[C@H]2Cc3ccc(F)c(C(=O)O)c3OB2O)c2cc(F)c(O)c(O)c2Cl)C(=O)C1=O)Cc1ccc(C(N)=O)cc1. The molecule has 6 amide bonds. The van der Waals surface area contributed by atoms with Crippen LogP contribution < -0.4 is 21.0 Å². The number of nitrogens with one attached hydrogen (secondary N) is 2. The summed E-state index contributed by atoms with van der Waals surface area (Å²) in [5.41, 5.74) is 5.07. The molecule has 2 heterocycles. The molecule has 8 N–H and O–H groups in total. The highest BCUT2D eigenvalue weighted by Crippen LogP contribution is 2.40. The number of carbonyl (C=O) groups excluding carboxylic acids is 5. The van der Waals surface area contributed by atoms with Gasteiger partial charge in [0, 0.05) is 43.9 Å². The van der Waals surface area contributed by atoms with Gasteiger partial charge in [0.1, 0.15) is 23.2 Å². The maximum atomic E-state index is 14.6. The number of imide groups is 1. The molecule has 2 aliphatic heterocycles. The number of phenolic OH excluding ortho intramolecular Hbond substituents is 2. The molecule has 1 fully saturated rings. The summed E-state index contributed by atoms with van der Waals surface area (Å²) in [5, 5.41) is 43.8. The predicted molar refractivity (Wildman–Crippen MR) is 183 cm³/mol. The lowest BCUT2D eigenvalue weighted by Crippen LogP contribution is -2.60. The average Bonchev–Trinajstić information content (AvgIpc) is 3.12. The molecule has 2 aliphatic rings. The number of likely N-dealkylation sites (N-methyl/N-ethyl adjacent to an activating group) is 1. The fraction of sp³-hybridized carbons (Fsp3) is 0.273. The number of benzene rings is 3. The van der Waals surface area contributed by atoms with Gasteiger partial charge in [0.05, 0.1) is 11.0 Å². The molecule has 54 heavy (non-hydrogen) atoms. The third-order valence-electron chi connectivity index (χ3n) is 8.78. The number of aromatic hydroxyl groups is 2. The van der Waals surface area contributed by atoms with Gasteiger partial charge >= 0.3 is 30.9 Å². The molecule has 0 bridgehead atoms. The van der Waals surface area contributed by atoms with E-state index < -0.39 is 99.8 Å². The lowest BCUT2D eigenvalue weighted by molar-refractivity contribution is -0.153. The Morgan fingerprint density at radius 2 is 1.74 bits per heavy atom. The van der Waals surface area contributed by atoms with Crippen LogP contribution in [0.25, 0.3) is 0 Å². The van der Waals surface area contributed by atoms with E-state index in [-0.39, 0.29) is 31.6 Å². The van der Waals surface area contributed by atoms with Crippen LogP contribution in [0, 0.1) is 11.6 Å². The molecule has 0 saturated carbocycles. The molecule has 0 radical (unpaired) electrons. The number of piperazine rings is 1. The number of nitrogens with two attached hydrogens (primary N) is 1. The smallest absolute Gasteiger partial charge is 0.534 e. The van der Waals surface area contributed by atoms with Crippen molar-refractivity contribution in [1.29, 1.82) is 0 Å². The molecule has 21 heteroatoms. The van der Waals surface area contributed by atoms with Crippen molar-refractivity contribution in [2.45, 2.75) is 24.9 Å². The zero-order valence-electron chi connectivity index (χ0n) is 28.2. The highest BCUT2D eigenvalue weighted by molar-refractivity contribution is 6.47. The average molecular weight is 773 g/mol. The van der Waals surface area contributed by atoms with Gasteiger partial charge in [0.25, 0.3) is 0 Å². The molecule has 3 aromatic carbocycles. The van der Waals surface area contributed by atoms with Crippen LogP contribution in [0.1, 0.15) is 43.4 Å². The van der Waals surface area contributed by atoms with Crippen molar-refractivity contribution in [3.05, 3.63) is 86.9 Å². The molecule has 1 unspecified atom stereocenters. The van der Waals surface area contributed by atoms with Crippen molar-refractivity contribution in [3.8, 4) is 17.2 Å². The van der Waals surface area contributed by atoms with Gasteiger partial charge in [0.15, 0.2) is 17.3 Å². The van der Waals surface area contributed by atoms with E-state index in [0.29, 0.717) is 29.6 Å². The molecule has 3 aromatic rings. The van der Waals surface area contributed by atoms with Gasteiger partial charge in [-0.15, -0.1) is 0 Å². The van der Waals surface area contributed by atoms with Crippen molar-refractivity contribution >= 4 is 54.3 Å². The Bertz CT molecular complexity index is 2040. The first-order valence-corrected chi connectivity index (χ1v) is 16.4. The van der Waals surface area contributed by atoms with Gasteiger partial charge < -0.3 is 51.2 Å². The standard InChI is InChI=1S/C33H32BClF2N6O11/c1-41(14-15-2-4-16(5-3-15)28(38)46)8-9-42-10-11-43(31(49)30(42)48)33(52)40-24(18-13-20(37)25(44)26(45)23(18)35)29(47)39-21-12-17-6-7-19(36)22(32(50)51)27(17)54-34(21)53/h2-7,13,21,24,44-45,53H,8-12,14H2,1H3,(H2,38,46)(H,39,47)(H,40,52)(H,50,51)/t21-,24?/m0/s1. The number of halogens is 3. The summed E-state index contributed by atoms with van der Waals surface area (Å²) in [5.74, 6) is -12.7. The number of nitrogens with zero attached hydrogens (tertiary/aromatic N) is 3. The van der Waals surface area contributed by atoms with E-state index in [9.17, 15) is 57.9 Å². The molecule has 284 valence electrons. The molecule has 1 saturated heterocycles. The summed E-state index contributed by atoms with van der Waals surface area (Å²) in [6.07, 6.45) is -0.321. The Hall–Kier alpha value is -5.99. The summed E-state index contributed by atoms with van der Waals surface area (Å²) >= 11 is 6.14. The van der Waals surface area contributed by atoms with Crippen LogP contribution >= 0.6 is 11.6 Å². The number of hydrogen-bond donors (Lipinski definition) is 7. The summed E-state index contributed by atoms with van der Waals surface area (Å²) < 4.78 is 34.1. The van der Waals surface area contributed by atoms with Crippen LogP contribution in [-0.4, -0.2) is 117 Å². The van der Waals surface area contributed by atoms with E-state index in [1.165, 1.54) is 4.90 Å². The highest BCUT2D eigenvalue weighted by Gasteiger charge is 2.42. The number of urea groups is 1. The first-order valence-electron chi connectivity index (χ1n) is 16.1. The first kappa shape index (κ1) is 39.2. The number of phenols is 2. The van der Waals surface area contributed by atoms with Crippen LogP contribution in [0.4, 0.5) is 13.6 Å². The number of fused-ring (bicyclic) bond motifs is 1. The molecule has 0 aliphatic carbocycles. The molecule has 0 spiro atoms. The van der Waals surface area contributed by atoms with Crippen LogP contribution in [0.5, 0.6) is 17.2 Å². The maximum Gasteiger partial charge on any atom is 0.547 e. The molecule has 17 nitrogen and oxygen atoms in total. The van der Waals surface area contributed by atoms with Crippen molar-refractivity contribution < 1.29 is 62.5 Å². The Labute approximate surface area is 310 Å². The minimum atomic E-state index is -2.05. The number of carboxylic acids is 1. The summed E-state index contributed by atoms with van der Waals surface area (Å²) in [6, 6.07) is 5.79. The second-order valence-corrected chi connectivity index (χ2v) is 12.8. The molecular formula is C33H32BClF2N6O11. The third-order valence-corrected chi connectivity index (χ3v) is 9.18. The zero-order valence-corrected chi connectivity index (χ0v) is 29.0. The Morgan fingerprint density at radius 3 is 2.39 bits per heavy atom. The fourth-order valence-electron chi connectivity index (χ4n) is 5.88. The largest absolute Gasteiger partial charge is 0.547 e. The molecular weight excluding hydrogens is 741 g/mol. The van der Waals surface area contributed by atoms with E-state index in [1.54, 1.807) is 31.3 Å². The predicted octanol–water partition coefficient (Wildman–Crippen LogP) is 0.520. The van der Waals surface area contributed by atoms with Gasteiger partial charge in [-0.3, -0.25) is 24.1 Å². The quantitative estimate of drug-likeness (QED) is 0.0801. The topological polar surface area (TPSA) is 252 Å². The first-order chi connectivity index (χ1) is 25.5. The Morgan fingerprint density at radius 1 is 1.06 bits per heavy atom. The fourth-order valence-corrected chi connectivity index (χ4v) is 6.13. The third kappa shape index (κ3) is 8.14. The minimum Gasteiger partial charge on any atom is -0.534 e. The zero-order chi connectivity index (χ0) is 39.6. The number of primary amides is 1. The van der Waals surface area contributed by atoms with E-state index in [4.69, 9.17) is 22.0 Å². The van der Waals surface area contributed by atoms with Crippen molar-refractivity contribution in [2.24, 2.45) is 5.73 Å². The number of carboxylic acid groups (broad SMARTS) is 1. The second-order valence-electron chi connectivity index (χ2n) is 12.4. The van der Waals surface area contributed by atoms with Gasteiger partial charge in [-0.1, -0.05) is 29.8 Å². The summed E-state index contributed by atoms with van der Waals surface area (Å²) in [6.45, 7) is 0.405. The van der Waals surface area contributed by atoms with Crippen LogP contribution in [0.3, 0.4) is 0 Å². The highest BCUT2D eigenvalue weighted by atomic mass is 35.5. The molecule has 2 atom stereocenters. The van der Waals surface area contributed by atoms with Crippen molar-refractivity contribution in [2.75, 3.05) is 33.2 Å². The summed E-state index contributed by atoms with van der Waals surface area (Å²) in [4.78, 5) is 79.9. The number of aromatic carboxylic acids is 1. The normalized spacial score (nSPS) is 16.1. The minimum absolute atomic E-state index is 0.0726. The van der Waals surface area contributed by atoms with Crippen LogP contribution in [0.2, 0.25) is 5.02 Å². The number of amides is 6. The molecule has 5 rings (SSSR count). The monoisotopic (exact) mass is 772 g/mol. The molecule has 0 aromatic heterocycles. The number of hydrogen-bond acceptors (Lipinski definition) is 11. The van der Waals surface area contributed by atoms with Crippen molar-refractivity contribution in [3.63, 3.8) is 0 Å². The Balaban J connectivity index is 1.29. The summed E-state index contributed by atoms with van der Waals surface area (Å²) in [7, 11) is -0.199.